The van der Waals surface area contributed by atoms with Crippen molar-refractivity contribution in [3.05, 3.63) is 17.1 Å². The molecule has 0 amide bonds. The second kappa shape index (κ2) is 2.32. The molecule has 0 fully saturated rings. The molecular formula is C7H9N3S. The number of aromatic nitrogens is 2. The minimum absolute atomic E-state index is 0.526. The van der Waals surface area contributed by atoms with Crippen LogP contribution in [-0.2, 0) is 13.6 Å². The van der Waals surface area contributed by atoms with Gasteiger partial charge in [-0.1, -0.05) is 0 Å². The topological polar surface area (TPSA) is 43.8 Å². The standard InChI is InChI=1S/C7H9N3S/c1-10-6-2-3-11-7(6)5(4-8)9-10/h2-3H,4,8H2,1H3. The smallest absolute Gasteiger partial charge is 0.0938 e. The van der Waals surface area contributed by atoms with Crippen LogP contribution >= 0.6 is 11.3 Å². The van der Waals surface area contributed by atoms with Crippen LogP contribution in [-0.4, -0.2) is 9.78 Å². The minimum atomic E-state index is 0.526. The van der Waals surface area contributed by atoms with Gasteiger partial charge in [-0.25, -0.2) is 0 Å². The van der Waals surface area contributed by atoms with Gasteiger partial charge in [0.05, 0.1) is 15.9 Å². The van der Waals surface area contributed by atoms with Gasteiger partial charge in [-0.2, -0.15) is 5.10 Å². The van der Waals surface area contributed by atoms with Crippen LogP contribution < -0.4 is 5.73 Å². The second-order valence-corrected chi connectivity index (χ2v) is 3.33. The number of hydrogen-bond donors (Lipinski definition) is 1. The molecule has 0 spiro atoms. The number of aryl methyl sites for hydroxylation is 1. The number of fused-ring (bicyclic) bond motifs is 1. The SMILES string of the molecule is Cn1nc(CN)c2sccc21. The van der Waals surface area contributed by atoms with Gasteiger partial charge in [-0.15, -0.1) is 11.3 Å². The molecule has 0 saturated heterocycles. The van der Waals surface area contributed by atoms with Gasteiger partial charge in [0.15, 0.2) is 0 Å². The Kier molecular flexibility index (Phi) is 1.44. The molecule has 0 aliphatic carbocycles. The largest absolute Gasteiger partial charge is 0.325 e. The number of nitrogens with zero attached hydrogens (tertiary/aromatic N) is 2. The van der Waals surface area contributed by atoms with Crippen molar-refractivity contribution in [2.75, 3.05) is 0 Å². The number of thiophene rings is 1. The average Bonchev–Trinajstić information content (AvgIpc) is 2.54. The van der Waals surface area contributed by atoms with Gasteiger partial charge < -0.3 is 5.73 Å². The van der Waals surface area contributed by atoms with Crippen molar-refractivity contribution in [3.8, 4) is 0 Å². The Hall–Kier alpha value is -0.870. The molecule has 0 atom stereocenters. The summed E-state index contributed by atoms with van der Waals surface area (Å²) in [6.07, 6.45) is 0. The molecule has 2 aromatic heterocycles. The quantitative estimate of drug-likeness (QED) is 0.691. The molecule has 2 aromatic rings. The maximum atomic E-state index is 5.52. The van der Waals surface area contributed by atoms with E-state index >= 15 is 0 Å². The Bertz CT molecular complexity index is 374. The monoisotopic (exact) mass is 167 g/mol. The fraction of sp³-hybridized carbons (Fsp3) is 0.286. The summed E-state index contributed by atoms with van der Waals surface area (Å²) in [5.74, 6) is 0. The van der Waals surface area contributed by atoms with E-state index in [0.717, 1.165) is 5.69 Å². The van der Waals surface area contributed by atoms with Crippen molar-refractivity contribution in [1.82, 2.24) is 9.78 Å². The molecule has 58 valence electrons. The highest BCUT2D eigenvalue weighted by molar-refractivity contribution is 7.17. The molecule has 0 aromatic carbocycles. The molecule has 2 rings (SSSR count). The Morgan fingerprint density at radius 3 is 3.27 bits per heavy atom. The Morgan fingerprint density at radius 1 is 1.73 bits per heavy atom. The van der Waals surface area contributed by atoms with Gasteiger partial charge in [-0.05, 0) is 11.4 Å². The van der Waals surface area contributed by atoms with Crippen LogP contribution in [0.25, 0.3) is 10.2 Å². The summed E-state index contributed by atoms with van der Waals surface area (Å²) in [7, 11) is 1.94. The highest BCUT2D eigenvalue weighted by Crippen LogP contribution is 2.23. The minimum Gasteiger partial charge on any atom is -0.325 e. The summed E-state index contributed by atoms with van der Waals surface area (Å²) in [6.45, 7) is 0.526. The molecule has 0 bridgehead atoms. The predicted octanol–water partition coefficient (Wildman–Crippen LogP) is 1.09. The van der Waals surface area contributed by atoms with Gasteiger partial charge in [0.2, 0.25) is 0 Å². The third-order valence-electron chi connectivity index (χ3n) is 1.72. The van der Waals surface area contributed by atoms with E-state index in [0.29, 0.717) is 6.54 Å². The fourth-order valence-electron chi connectivity index (χ4n) is 1.19. The van der Waals surface area contributed by atoms with Crippen LogP contribution in [0.3, 0.4) is 0 Å². The lowest BCUT2D eigenvalue weighted by Gasteiger charge is -1.86. The van der Waals surface area contributed by atoms with E-state index < -0.39 is 0 Å². The van der Waals surface area contributed by atoms with E-state index in [4.69, 9.17) is 5.73 Å². The molecule has 0 aliphatic rings. The average molecular weight is 167 g/mol. The summed E-state index contributed by atoms with van der Waals surface area (Å²) in [5.41, 5.74) is 7.69. The van der Waals surface area contributed by atoms with Crippen LogP contribution in [0.15, 0.2) is 11.4 Å². The normalized spacial score (nSPS) is 11.1. The first-order valence-electron chi connectivity index (χ1n) is 3.42. The summed E-state index contributed by atoms with van der Waals surface area (Å²) in [5, 5.41) is 6.33. The van der Waals surface area contributed by atoms with Crippen LogP contribution in [0.2, 0.25) is 0 Å². The maximum absolute atomic E-state index is 5.52. The van der Waals surface area contributed by atoms with Crippen molar-refractivity contribution in [1.29, 1.82) is 0 Å². The van der Waals surface area contributed by atoms with Crippen molar-refractivity contribution >= 4 is 21.6 Å². The summed E-state index contributed by atoms with van der Waals surface area (Å²) >= 11 is 1.70. The molecule has 2 heterocycles. The Balaban J connectivity index is 2.80. The Labute approximate surface area is 68.4 Å². The zero-order valence-electron chi connectivity index (χ0n) is 6.24. The molecule has 2 N–H and O–H groups in total. The zero-order valence-corrected chi connectivity index (χ0v) is 7.06. The number of hydrogen-bond acceptors (Lipinski definition) is 3. The highest BCUT2D eigenvalue weighted by Gasteiger charge is 2.06. The van der Waals surface area contributed by atoms with Crippen LogP contribution in [0, 0.1) is 0 Å². The lowest BCUT2D eigenvalue weighted by molar-refractivity contribution is 0.766. The molecule has 4 heteroatoms. The third kappa shape index (κ3) is 0.868. The Morgan fingerprint density at radius 2 is 2.55 bits per heavy atom. The molecular weight excluding hydrogens is 158 g/mol. The van der Waals surface area contributed by atoms with Crippen molar-refractivity contribution < 1.29 is 0 Å². The lowest BCUT2D eigenvalue weighted by atomic mass is 10.4. The zero-order chi connectivity index (χ0) is 7.84. The highest BCUT2D eigenvalue weighted by atomic mass is 32.1. The summed E-state index contributed by atoms with van der Waals surface area (Å²) < 4.78 is 3.09. The van der Waals surface area contributed by atoms with Crippen molar-refractivity contribution in [3.63, 3.8) is 0 Å². The maximum Gasteiger partial charge on any atom is 0.0938 e. The van der Waals surface area contributed by atoms with E-state index in [1.54, 1.807) is 11.3 Å². The van der Waals surface area contributed by atoms with Crippen LogP contribution in [0.1, 0.15) is 5.69 Å². The lowest BCUT2D eigenvalue weighted by Crippen LogP contribution is -1.98. The molecule has 0 saturated carbocycles. The van der Waals surface area contributed by atoms with E-state index in [9.17, 15) is 0 Å². The first kappa shape index (κ1) is 6.82. The predicted molar refractivity (Wildman–Crippen MR) is 46.5 cm³/mol. The van der Waals surface area contributed by atoms with Gasteiger partial charge in [0, 0.05) is 13.6 Å². The third-order valence-corrected chi connectivity index (χ3v) is 2.67. The number of rotatable bonds is 1. The fourth-order valence-corrected chi connectivity index (χ4v) is 2.10. The van der Waals surface area contributed by atoms with Crippen LogP contribution in [0.5, 0.6) is 0 Å². The van der Waals surface area contributed by atoms with E-state index in [1.165, 1.54) is 10.2 Å². The molecule has 3 nitrogen and oxygen atoms in total. The van der Waals surface area contributed by atoms with Gasteiger partial charge >= 0.3 is 0 Å². The van der Waals surface area contributed by atoms with Gasteiger partial charge in [0.25, 0.3) is 0 Å². The van der Waals surface area contributed by atoms with E-state index in [2.05, 4.69) is 16.5 Å². The number of nitrogens with two attached hydrogens (primary N) is 1. The first-order valence-corrected chi connectivity index (χ1v) is 4.30. The summed E-state index contributed by atoms with van der Waals surface area (Å²) in [6, 6.07) is 2.06. The van der Waals surface area contributed by atoms with Gasteiger partial charge in [0.1, 0.15) is 0 Å². The van der Waals surface area contributed by atoms with Crippen molar-refractivity contribution in [2.24, 2.45) is 12.8 Å². The van der Waals surface area contributed by atoms with Gasteiger partial charge in [-0.3, -0.25) is 4.68 Å². The molecule has 0 unspecified atom stereocenters. The van der Waals surface area contributed by atoms with Crippen molar-refractivity contribution in [2.45, 2.75) is 6.54 Å². The summed E-state index contributed by atoms with van der Waals surface area (Å²) in [4.78, 5) is 0. The van der Waals surface area contributed by atoms with E-state index in [1.807, 2.05) is 11.7 Å². The second-order valence-electron chi connectivity index (χ2n) is 2.41. The van der Waals surface area contributed by atoms with Crippen LogP contribution in [0.4, 0.5) is 0 Å². The molecule has 0 radical (unpaired) electrons. The molecule has 0 aliphatic heterocycles. The van der Waals surface area contributed by atoms with E-state index in [-0.39, 0.29) is 0 Å². The molecule has 11 heavy (non-hydrogen) atoms. The first-order chi connectivity index (χ1) is 5.33.